The summed E-state index contributed by atoms with van der Waals surface area (Å²) < 4.78 is 58.7. The Bertz CT molecular complexity index is 1020. The van der Waals surface area contributed by atoms with Crippen molar-refractivity contribution in [1.29, 1.82) is 5.26 Å². The summed E-state index contributed by atoms with van der Waals surface area (Å²) in [7, 11) is -2.37. The van der Waals surface area contributed by atoms with E-state index in [0.29, 0.717) is 16.7 Å². The quantitative estimate of drug-likeness (QED) is 0.611. The van der Waals surface area contributed by atoms with Gasteiger partial charge in [-0.2, -0.15) is 14.0 Å². The number of hydrogen-bond donors (Lipinski definition) is 1. The number of nitriles is 1. The van der Waals surface area contributed by atoms with E-state index in [1.165, 1.54) is 43.5 Å². The SMILES string of the molecule is COc1ccc(CCNC(=O)CS(=O)(=O)Cc2ccc(C#N)cc2)cc1OC(F)F. The standard InChI is InChI=1S/C20H20F2N2O5S/c1-28-17-7-6-14(10-18(17)29-20(21)22)8-9-24-19(25)13-30(26,27)12-16-4-2-15(11-23)3-5-16/h2-7,10,20H,8-9,12-13H2,1H3,(H,24,25). The number of ether oxygens (including phenoxy) is 2. The lowest BCUT2D eigenvalue weighted by Crippen LogP contribution is -2.32. The number of amides is 1. The van der Waals surface area contributed by atoms with Crippen molar-refractivity contribution in [3.63, 3.8) is 0 Å². The highest BCUT2D eigenvalue weighted by atomic mass is 32.2. The van der Waals surface area contributed by atoms with Gasteiger partial charge in [0.15, 0.2) is 21.3 Å². The number of methoxy groups -OCH3 is 1. The van der Waals surface area contributed by atoms with Crippen molar-refractivity contribution < 1.29 is 31.5 Å². The maximum atomic E-state index is 12.5. The molecule has 0 aliphatic heterocycles. The molecule has 1 amide bonds. The van der Waals surface area contributed by atoms with E-state index in [-0.39, 0.29) is 30.2 Å². The third kappa shape index (κ3) is 7.33. The van der Waals surface area contributed by atoms with Crippen LogP contribution in [0.4, 0.5) is 8.78 Å². The van der Waals surface area contributed by atoms with Crippen molar-refractivity contribution in [2.45, 2.75) is 18.8 Å². The average Bonchev–Trinajstić information content (AvgIpc) is 2.67. The number of rotatable bonds is 10. The van der Waals surface area contributed by atoms with Crippen LogP contribution in [0.2, 0.25) is 0 Å². The van der Waals surface area contributed by atoms with Crippen LogP contribution in [0.1, 0.15) is 16.7 Å². The van der Waals surface area contributed by atoms with Crippen LogP contribution < -0.4 is 14.8 Å². The predicted molar refractivity (Wildman–Crippen MR) is 105 cm³/mol. The van der Waals surface area contributed by atoms with E-state index < -0.39 is 28.1 Å². The molecule has 0 unspecified atom stereocenters. The second-order valence-corrected chi connectivity index (χ2v) is 8.37. The lowest BCUT2D eigenvalue weighted by atomic mass is 10.1. The third-order valence-corrected chi connectivity index (χ3v) is 5.48. The number of alkyl halides is 2. The Morgan fingerprint density at radius 1 is 1.13 bits per heavy atom. The first-order valence-corrected chi connectivity index (χ1v) is 10.6. The molecular weight excluding hydrogens is 418 g/mol. The summed E-state index contributed by atoms with van der Waals surface area (Å²) in [6.45, 7) is -2.89. The second kappa shape index (κ2) is 10.5. The monoisotopic (exact) mass is 438 g/mol. The molecule has 2 aromatic carbocycles. The minimum absolute atomic E-state index is 0.117. The van der Waals surface area contributed by atoms with E-state index in [2.05, 4.69) is 10.1 Å². The van der Waals surface area contributed by atoms with Gasteiger partial charge in [0.25, 0.3) is 0 Å². The van der Waals surface area contributed by atoms with Crippen molar-refractivity contribution in [2.75, 3.05) is 19.4 Å². The highest BCUT2D eigenvalue weighted by Crippen LogP contribution is 2.29. The van der Waals surface area contributed by atoms with Crippen LogP contribution in [0, 0.1) is 11.3 Å². The van der Waals surface area contributed by atoms with Gasteiger partial charge in [-0.05, 0) is 41.8 Å². The highest BCUT2D eigenvalue weighted by Gasteiger charge is 2.17. The zero-order valence-corrected chi connectivity index (χ0v) is 16.9. The summed E-state index contributed by atoms with van der Waals surface area (Å²) in [5.74, 6) is -1.65. The van der Waals surface area contributed by atoms with Crippen LogP contribution in [0.5, 0.6) is 11.5 Å². The van der Waals surface area contributed by atoms with Gasteiger partial charge in [-0.25, -0.2) is 8.42 Å². The van der Waals surface area contributed by atoms with E-state index in [1.54, 1.807) is 6.07 Å². The van der Waals surface area contributed by atoms with E-state index in [9.17, 15) is 22.0 Å². The normalized spacial score (nSPS) is 11.0. The van der Waals surface area contributed by atoms with Crippen LogP contribution in [0.25, 0.3) is 0 Å². The van der Waals surface area contributed by atoms with Crippen molar-refractivity contribution in [1.82, 2.24) is 5.32 Å². The number of nitrogens with zero attached hydrogens (tertiary/aromatic N) is 1. The molecule has 0 atom stereocenters. The number of carbonyl (C=O) groups is 1. The number of nitrogens with one attached hydrogen (secondary N) is 1. The number of benzene rings is 2. The van der Waals surface area contributed by atoms with Gasteiger partial charge in [0.05, 0.1) is 24.5 Å². The topological polar surface area (TPSA) is 105 Å². The molecular formula is C20H20F2N2O5S. The van der Waals surface area contributed by atoms with Gasteiger partial charge >= 0.3 is 6.61 Å². The maximum absolute atomic E-state index is 12.5. The molecule has 0 heterocycles. The Balaban J connectivity index is 1.87. The lowest BCUT2D eigenvalue weighted by molar-refractivity contribution is -0.118. The summed E-state index contributed by atoms with van der Waals surface area (Å²) in [4.78, 5) is 12.0. The first kappa shape index (κ1) is 23.1. The number of carbonyl (C=O) groups excluding carboxylic acids is 1. The van der Waals surface area contributed by atoms with E-state index in [0.717, 1.165) is 0 Å². The molecule has 2 aromatic rings. The predicted octanol–water partition coefficient (Wildman–Crippen LogP) is 2.44. The van der Waals surface area contributed by atoms with Crippen molar-refractivity contribution >= 4 is 15.7 Å². The van der Waals surface area contributed by atoms with Gasteiger partial charge in [-0.15, -0.1) is 0 Å². The third-order valence-electron chi connectivity index (χ3n) is 4.00. The zero-order chi connectivity index (χ0) is 22.1. The molecule has 0 aromatic heterocycles. The first-order valence-electron chi connectivity index (χ1n) is 8.80. The van der Waals surface area contributed by atoms with Crippen LogP contribution in [0.3, 0.4) is 0 Å². The van der Waals surface area contributed by atoms with Crippen LogP contribution in [-0.2, 0) is 26.8 Å². The number of hydrogen-bond acceptors (Lipinski definition) is 6. The Morgan fingerprint density at radius 2 is 1.80 bits per heavy atom. The largest absolute Gasteiger partial charge is 0.493 e. The molecule has 0 fully saturated rings. The molecule has 1 N–H and O–H groups in total. The van der Waals surface area contributed by atoms with Crippen LogP contribution in [-0.4, -0.2) is 40.3 Å². The highest BCUT2D eigenvalue weighted by molar-refractivity contribution is 7.91. The van der Waals surface area contributed by atoms with Crippen molar-refractivity contribution in [2.24, 2.45) is 0 Å². The molecule has 0 aliphatic rings. The zero-order valence-electron chi connectivity index (χ0n) is 16.1. The summed E-state index contributed by atoms with van der Waals surface area (Å²) in [5.41, 5.74) is 1.49. The summed E-state index contributed by atoms with van der Waals surface area (Å²) in [5, 5.41) is 11.3. The molecule has 0 saturated heterocycles. The van der Waals surface area contributed by atoms with Crippen LogP contribution in [0.15, 0.2) is 42.5 Å². The molecule has 0 saturated carbocycles. The molecule has 0 radical (unpaired) electrons. The maximum Gasteiger partial charge on any atom is 0.387 e. The number of sulfone groups is 1. The van der Waals surface area contributed by atoms with Gasteiger partial charge < -0.3 is 14.8 Å². The molecule has 10 heteroatoms. The molecule has 7 nitrogen and oxygen atoms in total. The van der Waals surface area contributed by atoms with Gasteiger partial charge in [-0.1, -0.05) is 18.2 Å². The Hall–Kier alpha value is -3.19. The minimum Gasteiger partial charge on any atom is -0.493 e. The Labute approximate surface area is 173 Å². The van der Waals surface area contributed by atoms with Crippen molar-refractivity contribution in [3.05, 3.63) is 59.2 Å². The second-order valence-electron chi connectivity index (χ2n) is 6.30. The minimum atomic E-state index is -3.69. The molecule has 160 valence electrons. The van der Waals surface area contributed by atoms with Gasteiger partial charge in [0.2, 0.25) is 5.91 Å². The fourth-order valence-electron chi connectivity index (χ4n) is 2.64. The van der Waals surface area contributed by atoms with Crippen LogP contribution >= 0.6 is 0 Å². The van der Waals surface area contributed by atoms with E-state index in [1.807, 2.05) is 6.07 Å². The molecule has 0 aliphatic carbocycles. The Morgan fingerprint density at radius 3 is 2.40 bits per heavy atom. The fraction of sp³-hybridized carbons (Fsp3) is 0.300. The molecule has 30 heavy (non-hydrogen) atoms. The molecule has 2 rings (SSSR count). The smallest absolute Gasteiger partial charge is 0.387 e. The average molecular weight is 438 g/mol. The summed E-state index contributed by atoms with van der Waals surface area (Å²) >= 11 is 0. The van der Waals surface area contributed by atoms with E-state index in [4.69, 9.17) is 10.00 Å². The summed E-state index contributed by atoms with van der Waals surface area (Å²) in [6, 6.07) is 12.5. The molecule has 0 spiro atoms. The van der Waals surface area contributed by atoms with Gasteiger partial charge in [0.1, 0.15) is 5.75 Å². The fourth-order valence-corrected chi connectivity index (χ4v) is 3.95. The van der Waals surface area contributed by atoms with E-state index >= 15 is 0 Å². The Kier molecular flexibility index (Phi) is 8.12. The van der Waals surface area contributed by atoms with Crippen molar-refractivity contribution in [3.8, 4) is 17.6 Å². The van der Waals surface area contributed by atoms with Gasteiger partial charge in [-0.3, -0.25) is 4.79 Å². The van der Waals surface area contributed by atoms with Gasteiger partial charge in [0, 0.05) is 6.54 Å². The molecule has 0 bridgehead atoms. The lowest BCUT2D eigenvalue weighted by Gasteiger charge is -2.12. The number of halogens is 2. The summed E-state index contributed by atoms with van der Waals surface area (Å²) in [6.07, 6.45) is 0.283. The first-order chi connectivity index (χ1) is 14.2.